The van der Waals surface area contributed by atoms with Crippen molar-refractivity contribution in [1.82, 2.24) is 9.97 Å². The molecule has 1 aromatic heterocycles. The van der Waals surface area contributed by atoms with Crippen LogP contribution in [0.15, 0.2) is 36.5 Å². The lowest BCUT2D eigenvalue weighted by atomic mass is 10.1. The number of benzene rings is 1. The number of hydrogen-bond acceptors (Lipinski definition) is 3. The first-order chi connectivity index (χ1) is 9.22. The van der Waals surface area contributed by atoms with Crippen molar-refractivity contribution in [3.63, 3.8) is 0 Å². The number of nitrogens with one attached hydrogen (secondary N) is 1. The van der Waals surface area contributed by atoms with E-state index >= 15 is 0 Å². The van der Waals surface area contributed by atoms with E-state index in [1.807, 2.05) is 24.3 Å². The molecule has 2 aromatic rings. The second-order valence-electron chi connectivity index (χ2n) is 4.56. The van der Waals surface area contributed by atoms with Gasteiger partial charge in [0.15, 0.2) is 0 Å². The first-order valence-corrected chi connectivity index (χ1v) is 6.50. The van der Waals surface area contributed by atoms with Crippen LogP contribution < -0.4 is 5.32 Å². The van der Waals surface area contributed by atoms with Crippen molar-refractivity contribution in [3.8, 4) is 11.3 Å². The van der Waals surface area contributed by atoms with Gasteiger partial charge in [-0.25, -0.2) is 9.97 Å². The molecule has 1 amide bonds. The van der Waals surface area contributed by atoms with Crippen LogP contribution in [0.1, 0.15) is 12.8 Å². The zero-order valence-corrected chi connectivity index (χ0v) is 10.9. The monoisotopic (exact) mass is 273 g/mol. The van der Waals surface area contributed by atoms with Crippen molar-refractivity contribution in [2.75, 3.05) is 5.32 Å². The minimum absolute atomic E-state index is 0.0952. The Hall–Kier alpha value is -1.94. The molecule has 19 heavy (non-hydrogen) atoms. The second kappa shape index (κ2) is 4.97. The number of halogens is 1. The van der Waals surface area contributed by atoms with Crippen LogP contribution in [0.5, 0.6) is 0 Å². The lowest BCUT2D eigenvalue weighted by Crippen LogP contribution is -2.13. The summed E-state index contributed by atoms with van der Waals surface area (Å²) < 4.78 is 0. The van der Waals surface area contributed by atoms with Crippen molar-refractivity contribution in [3.05, 3.63) is 41.8 Å². The average Bonchev–Trinajstić information content (AvgIpc) is 3.23. The Bertz CT molecular complexity index is 626. The van der Waals surface area contributed by atoms with E-state index in [2.05, 4.69) is 15.3 Å². The Morgan fingerprint density at radius 3 is 2.89 bits per heavy atom. The molecule has 0 spiro atoms. The van der Waals surface area contributed by atoms with Gasteiger partial charge in [0.1, 0.15) is 0 Å². The summed E-state index contributed by atoms with van der Waals surface area (Å²) in [6, 6.07) is 9.35. The molecule has 0 unspecified atom stereocenters. The summed E-state index contributed by atoms with van der Waals surface area (Å²) >= 11 is 5.78. The van der Waals surface area contributed by atoms with E-state index in [-0.39, 0.29) is 17.1 Å². The van der Waals surface area contributed by atoms with E-state index in [0.29, 0.717) is 0 Å². The molecule has 1 fully saturated rings. The second-order valence-corrected chi connectivity index (χ2v) is 4.89. The fourth-order valence-electron chi connectivity index (χ4n) is 1.84. The maximum absolute atomic E-state index is 11.7. The molecule has 4 nitrogen and oxygen atoms in total. The third kappa shape index (κ3) is 2.90. The van der Waals surface area contributed by atoms with E-state index in [0.717, 1.165) is 29.8 Å². The molecule has 1 heterocycles. The highest BCUT2D eigenvalue weighted by atomic mass is 35.5. The molecule has 1 aromatic carbocycles. The molecule has 3 rings (SSSR count). The van der Waals surface area contributed by atoms with Gasteiger partial charge < -0.3 is 5.32 Å². The lowest BCUT2D eigenvalue weighted by Gasteiger charge is -2.06. The van der Waals surface area contributed by atoms with Crippen LogP contribution >= 0.6 is 11.6 Å². The van der Waals surface area contributed by atoms with Gasteiger partial charge in [0, 0.05) is 23.4 Å². The number of carbonyl (C=O) groups is 1. The molecular formula is C14H12ClN3O. The average molecular weight is 274 g/mol. The van der Waals surface area contributed by atoms with Gasteiger partial charge in [0.2, 0.25) is 11.2 Å². The smallest absolute Gasteiger partial charge is 0.227 e. The summed E-state index contributed by atoms with van der Waals surface area (Å²) in [7, 11) is 0. The Balaban J connectivity index is 1.84. The quantitative estimate of drug-likeness (QED) is 0.874. The van der Waals surface area contributed by atoms with E-state index in [1.165, 1.54) is 0 Å². The Morgan fingerprint density at radius 1 is 1.32 bits per heavy atom. The first kappa shape index (κ1) is 12.1. The van der Waals surface area contributed by atoms with Gasteiger partial charge >= 0.3 is 0 Å². The van der Waals surface area contributed by atoms with Crippen molar-refractivity contribution in [2.45, 2.75) is 12.8 Å². The molecule has 5 heteroatoms. The van der Waals surface area contributed by atoms with Gasteiger partial charge in [-0.05, 0) is 42.6 Å². The molecule has 96 valence electrons. The van der Waals surface area contributed by atoms with Crippen LogP contribution in [0.2, 0.25) is 5.28 Å². The lowest BCUT2D eigenvalue weighted by molar-refractivity contribution is -0.117. The molecule has 0 bridgehead atoms. The SMILES string of the molecule is O=C(Nc1cccc(-c2ccnc(Cl)n2)c1)C1CC1. The van der Waals surface area contributed by atoms with Crippen LogP contribution in [0.25, 0.3) is 11.3 Å². The molecule has 0 aliphatic heterocycles. The first-order valence-electron chi connectivity index (χ1n) is 6.12. The predicted molar refractivity (Wildman–Crippen MR) is 73.8 cm³/mol. The molecule has 1 saturated carbocycles. The van der Waals surface area contributed by atoms with Gasteiger partial charge in [-0.1, -0.05) is 12.1 Å². The summed E-state index contributed by atoms with van der Waals surface area (Å²) in [6.45, 7) is 0. The van der Waals surface area contributed by atoms with E-state index < -0.39 is 0 Å². The number of nitrogens with zero attached hydrogens (tertiary/aromatic N) is 2. The Kier molecular flexibility index (Phi) is 3.17. The molecule has 0 saturated heterocycles. The fourth-order valence-corrected chi connectivity index (χ4v) is 1.99. The minimum atomic E-state index is 0.0952. The van der Waals surface area contributed by atoms with Crippen LogP contribution in [0.3, 0.4) is 0 Å². The summed E-state index contributed by atoms with van der Waals surface area (Å²) in [4.78, 5) is 19.7. The number of carbonyl (C=O) groups excluding carboxylic acids is 1. The molecule has 0 atom stereocenters. The van der Waals surface area contributed by atoms with Gasteiger partial charge in [-0.3, -0.25) is 4.79 Å². The number of aromatic nitrogens is 2. The molecule has 1 aliphatic carbocycles. The maximum Gasteiger partial charge on any atom is 0.227 e. The Morgan fingerprint density at radius 2 is 2.16 bits per heavy atom. The third-order valence-corrected chi connectivity index (χ3v) is 3.18. The van der Waals surface area contributed by atoms with Gasteiger partial charge in [0.25, 0.3) is 0 Å². The predicted octanol–water partition coefficient (Wildman–Crippen LogP) is 3.15. The minimum Gasteiger partial charge on any atom is -0.326 e. The summed E-state index contributed by atoms with van der Waals surface area (Å²) in [6.07, 6.45) is 3.60. The van der Waals surface area contributed by atoms with Gasteiger partial charge in [-0.15, -0.1) is 0 Å². The Labute approximate surface area is 115 Å². The van der Waals surface area contributed by atoms with Crippen molar-refractivity contribution >= 4 is 23.2 Å². The standard InChI is InChI=1S/C14H12ClN3O/c15-14-16-7-6-12(18-14)10-2-1-3-11(8-10)17-13(19)9-4-5-9/h1-3,6-9H,4-5H2,(H,17,19). The van der Waals surface area contributed by atoms with E-state index in [1.54, 1.807) is 12.3 Å². The molecule has 0 radical (unpaired) electrons. The molecular weight excluding hydrogens is 262 g/mol. The number of anilines is 1. The third-order valence-electron chi connectivity index (χ3n) is 3.00. The number of hydrogen-bond donors (Lipinski definition) is 1. The van der Waals surface area contributed by atoms with Crippen LogP contribution in [0, 0.1) is 5.92 Å². The van der Waals surface area contributed by atoms with Crippen LogP contribution in [-0.2, 0) is 4.79 Å². The highest BCUT2D eigenvalue weighted by molar-refractivity contribution is 6.28. The highest BCUT2D eigenvalue weighted by Gasteiger charge is 2.29. The molecule has 1 aliphatic rings. The van der Waals surface area contributed by atoms with Crippen LogP contribution in [0.4, 0.5) is 5.69 Å². The molecule has 1 N–H and O–H groups in total. The van der Waals surface area contributed by atoms with E-state index in [4.69, 9.17) is 11.6 Å². The largest absolute Gasteiger partial charge is 0.326 e. The number of rotatable bonds is 3. The van der Waals surface area contributed by atoms with Crippen LogP contribution in [-0.4, -0.2) is 15.9 Å². The van der Waals surface area contributed by atoms with Gasteiger partial charge in [0.05, 0.1) is 5.69 Å². The summed E-state index contributed by atoms with van der Waals surface area (Å²) in [5, 5.41) is 3.13. The van der Waals surface area contributed by atoms with Crippen molar-refractivity contribution in [1.29, 1.82) is 0 Å². The topological polar surface area (TPSA) is 54.9 Å². The zero-order valence-electron chi connectivity index (χ0n) is 10.1. The maximum atomic E-state index is 11.7. The van der Waals surface area contributed by atoms with Crippen molar-refractivity contribution < 1.29 is 4.79 Å². The van der Waals surface area contributed by atoms with Crippen molar-refractivity contribution in [2.24, 2.45) is 5.92 Å². The normalized spacial score (nSPS) is 14.2. The zero-order chi connectivity index (χ0) is 13.2. The summed E-state index contributed by atoms with van der Waals surface area (Å²) in [5.41, 5.74) is 2.42. The van der Waals surface area contributed by atoms with E-state index in [9.17, 15) is 4.79 Å². The fraction of sp³-hybridized carbons (Fsp3) is 0.214. The highest BCUT2D eigenvalue weighted by Crippen LogP contribution is 2.30. The van der Waals surface area contributed by atoms with Gasteiger partial charge in [-0.2, -0.15) is 0 Å². The number of amides is 1. The summed E-state index contributed by atoms with van der Waals surface area (Å²) in [5.74, 6) is 0.287.